The monoisotopic (exact) mass is 269 g/mol. The summed E-state index contributed by atoms with van der Waals surface area (Å²) in [6, 6.07) is 0.201. The highest BCUT2D eigenvalue weighted by Crippen LogP contribution is 2.22. The van der Waals surface area contributed by atoms with Crippen LogP contribution in [0.1, 0.15) is 46.6 Å². The molecule has 0 amide bonds. The normalized spacial score (nSPS) is 12.1. The molecule has 0 atom stereocenters. The maximum absolute atomic E-state index is 12.0. The number of nitrogens with zero attached hydrogens (tertiary/aromatic N) is 2. The van der Waals surface area contributed by atoms with Gasteiger partial charge in [-0.3, -0.25) is 9.13 Å². The van der Waals surface area contributed by atoms with Gasteiger partial charge in [0.1, 0.15) is 0 Å². The first-order valence-electron chi connectivity index (χ1n) is 6.33. The minimum atomic E-state index is -0.139. The van der Waals surface area contributed by atoms with Crippen molar-refractivity contribution in [1.82, 2.24) is 9.13 Å². The smallest absolute Gasteiger partial charge is 0.328 e. The second-order valence-corrected chi connectivity index (χ2v) is 6.07. The molecule has 0 aliphatic heterocycles. The molecular weight excluding hydrogens is 246 g/mol. The van der Waals surface area contributed by atoms with Gasteiger partial charge in [-0.05, 0) is 26.7 Å². The Balaban J connectivity index is 2.61. The summed E-state index contributed by atoms with van der Waals surface area (Å²) < 4.78 is 3.48. The Kier molecular flexibility index (Phi) is 4.73. The quantitative estimate of drug-likeness (QED) is 0.806. The van der Waals surface area contributed by atoms with Gasteiger partial charge in [-0.25, -0.2) is 4.79 Å². The maximum Gasteiger partial charge on any atom is 0.328 e. The number of imidazole rings is 1. The molecule has 0 radical (unpaired) electrons. The summed E-state index contributed by atoms with van der Waals surface area (Å²) in [5.41, 5.74) is 5.60. The molecule has 4 nitrogen and oxygen atoms in total. The van der Waals surface area contributed by atoms with Crippen LogP contribution in [0.4, 0.5) is 0 Å². The van der Waals surface area contributed by atoms with E-state index in [2.05, 4.69) is 0 Å². The zero-order chi connectivity index (χ0) is 13.9. The summed E-state index contributed by atoms with van der Waals surface area (Å²) in [6.07, 6.45) is 5.47. The third-order valence-electron chi connectivity index (χ3n) is 3.30. The van der Waals surface area contributed by atoms with Crippen molar-refractivity contribution in [3.63, 3.8) is 0 Å². The number of rotatable bonds is 6. The van der Waals surface area contributed by atoms with Crippen LogP contribution >= 0.6 is 12.2 Å². The van der Waals surface area contributed by atoms with Crippen molar-refractivity contribution in [2.24, 2.45) is 11.1 Å². The molecule has 0 aliphatic rings. The van der Waals surface area contributed by atoms with Crippen LogP contribution in [0.25, 0.3) is 0 Å². The molecule has 1 aromatic heterocycles. The fraction of sp³-hybridized carbons (Fsp3) is 0.692. The van der Waals surface area contributed by atoms with E-state index in [0.29, 0.717) is 11.5 Å². The van der Waals surface area contributed by atoms with E-state index >= 15 is 0 Å². The van der Waals surface area contributed by atoms with Crippen LogP contribution in [0.3, 0.4) is 0 Å². The molecular formula is C13H23N3OS. The van der Waals surface area contributed by atoms with Gasteiger partial charge in [0.2, 0.25) is 0 Å². The highest BCUT2D eigenvalue weighted by Gasteiger charge is 2.20. The number of aryl methyl sites for hydroxylation is 1. The first-order chi connectivity index (χ1) is 8.25. The van der Waals surface area contributed by atoms with Gasteiger partial charge in [-0.1, -0.05) is 26.1 Å². The fourth-order valence-corrected chi connectivity index (χ4v) is 1.91. The summed E-state index contributed by atoms with van der Waals surface area (Å²) in [7, 11) is 0. The topological polar surface area (TPSA) is 52.9 Å². The molecule has 0 aliphatic carbocycles. The maximum atomic E-state index is 12.0. The predicted molar refractivity (Wildman–Crippen MR) is 78.9 cm³/mol. The summed E-state index contributed by atoms with van der Waals surface area (Å²) >= 11 is 5.03. The van der Waals surface area contributed by atoms with Crippen LogP contribution in [-0.2, 0) is 6.54 Å². The second-order valence-electron chi connectivity index (χ2n) is 5.63. The lowest BCUT2D eigenvalue weighted by Gasteiger charge is -2.22. The molecule has 0 bridgehead atoms. The molecule has 5 heteroatoms. The van der Waals surface area contributed by atoms with Crippen LogP contribution in [0, 0.1) is 5.41 Å². The molecule has 1 rings (SSSR count). The van der Waals surface area contributed by atoms with E-state index in [1.807, 2.05) is 40.1 Å². The Labute approximate surface area is 114 Å². The molecule has 1 aromatic rings. The van der Waals surface area contributed by atoms with E-state index in [9.17, 15) is 4.79 Å². The molecule has 0 fully saturated rings. The summed E-state index contributed by atoms with van der Waals surface area (Å²) in [5, 5.41) is 0. The third kappa shape index (κ3) is 3.45. The molecule has 1 heterocycles. The molecule has 0 saturated carbocycles. The van der Waals surface area contributed by atoms with E-state index in [-0.39, 0.29) is 17.1 Å². The zero-order valence-corrected chi connectivity index (χ0v) is 12.5. The van der Waals surface area contributed by atoms with Crippen molar-refractivity contribution in [2.75, 3.05) is 0 Å². The highest BCUT2D eigenvalue weighted by molar-refractivity contribution is 7.80. The predicted octanol–water partition coefficient (Wildman–Crippen LogP) is 2.32. The largest absolute Gasteiger partial charge is 0.393 e. The summed E-state index contributed by atoms with van der Waals surface area (Å²) in [6.45, 7) is 8.79. The SMILES string of the molecule is CC(C)n1ccn(CCCC(C)(C)C(N)=S)c1=O. The van der Waals surface area contributed by atoms with E-state index in [4.69, 9.17) is 18.0 Å². The number of thiocarbonyl (C=S) groups is 1. The fourth-order valence-electron chi connectivity index (χ4n) is 1.81. The number of nitrogens with two attached hydrogens (primary N) is 1. The molecule has 0 spiro atoms. The first-order valence-corrected chi connectivity index (χ1v) is 6.73. The lowest BCUT2D eigenvalue weighted by Crippen LogP contribution is -2.30. The Morgan fingerprint density at radius 1 is 1.44 bits per heavy atom. The summed E-state index contributed by atoms with van der Waals surface area (Å²) in [5.74, 6) is 0. The molecule has 2 N–H and O–H groups in total. The molecule has 0 unspecified atom stereocenters. The lowest BCUT2D eigenvalue weighted by atomic mass is 9.88. The van der Waals surface area contributed by atoms with Crippen molar-refractivity contribution in [3.8, 4) is 0 Å². The molecule has 0 aromatic carbocycles. The van der Waals surface area contributed by atoms with Gasteiger partial charge in [0.25, 0.3) is 0 Å². The van der Waals surface area contributed by atoms with E-state index < -0.39 is 0 Å². The van der Waals surface area contributed by atoms with Crippen molar-refractivity contribution < 1.29 is 0 Å². The Morgan fingerprint density at radius 2 is 2.06 bits per heavy atom. The molecule has 102 valence electrons. The first kappa shape index (κ1) is 15.0. The van der Waals surface area contributed by atoms with Gasteiger partial charge in [0.15, 0.2) is 0 Å². The minimum Gasteiger partial charge on any atom is -0.393 e. The Bertz CT molecular complexity index is 471. The average molecular weight is 269 g/mol. The zero-order valence-electron chi connectivity index (χ0n) is 11.6. The number of hydrogen-bond donors (Lipinski definition) is 1. The number of aromatic nitrogens is 2. The van der Waals surface area contributed by atoms with Gasteiger partial charge in [0, 0.05) is 30.4 Å². The third-order valence-corrected chi connectivity index (χ3v) is 3.85. The van der Waals surface area contributed by atoms with E-state index in [1.54, 1.807) is 9.13 Å². The standard InChI is InChI=1S/C13H23N3OS/c1-10(2)16-9-8-15(12(16)17)7-5-6-13(3,4)11(14)18/h8-10H,5-7H2,1-4H3,(H2,14,18). The van der Waals surface area contributed by atoms with Gasteiger partial charge in [0.05, 0.1) is 4.99 Å². The van der Waals surface area contributed by atoms with Crippen molar-refractivity contribution in [2.45, 2.75) is 53.1 Å². The average Bonchev–Trinajstić information content (AvgIpc) is 2.60. The van der Waals surface area contributed by atoms with Crippen LogP contribution in [0.15, 0.2) is 17.2 Å². The number of hydrogen-bond acceptors (Lipinski definition) is 2. The van der Waals surface area contributed by atoms with Crippen LogP contribution in [-0.4, -0.2) is 14.1 Å². The van der Waals surface area contributed by atoms with Crippen molar-refractivity contribution in [1.29, 1.82) is 0 Å². The van der Waals surface area contributed by atoms with Gasteiger partial charge in [-0.15, -0.1) is 0 Å². The minimum absolute atomic E-state index is 0.0538. The Hall–Kier alpha value is -1.10. The Morgan fingerprint density at radius 3 is 2.50 bits per heavy atom. The van der Waals surface area contributed by atoms with Crippen LogP contribution < -0.4 is 11.4 Å². The van der Waals surface area contributed by atoms with Gasteiger partial charge < -0.3 is 5.73 Å². The van der Waals surface area contributed by atoms with Crippen LogP contribution in [0.5, 0.6) is 0 Å². The van der Waals surface area contributed by atoms with Gasteiger partial charge in [-0.2, -0.15) is 0 Å². The summed E-state index contributed by atoms with van der Waals surface area (Å²) in [4.78, 5) is 12.5. The lowest BCUT2D eigenvalue weighted by molar-refractivity contribution is 0.430. The molecule has 18 heavy (non-hydrogen) atoms. The van der Waals surface area contributed by atoms with Crippen molar-refractivity contribution >= 4 is 17.2 Å². The van der Waals surface area contributed by atoms with E-state index in [1.165, 1.54) is 0 Å². The second kappa shape index (κ2) is 5.69. The van der Waals surface area contributed by atoms with Crippen LogP contribution in [0.2, 0.25) is 0 Å². The van der Waals surface area contributed by atoms with E-state index in [0.717, 1.165) is 12.8 Å². The van der Waals surface area contributed by atoms with Crippen molar-refractivity contribution in [3.05, 3.63) is 22.9 Å². The van der Waals surface area contributed by atoms with Gasteiger partial charge >= 0.3 is 5.69 Å². The highest BCUT2D eigenvalue weighted by atomic mass is 32.1. The molecule has 0 saturated heterocycles.